The number of nitrogens with two attached hydrogens (primary N) is 1. The Morgan fingerprint density at radius 1 is 1.33 bits per heavy atom. The van der Waals surface area contributed by atoms with Crippen LogP contribution in [0.5, 0.6) is 0 Å². The predicted octanol–water partition coefficient (Wildman–Crippen LogP) is 1.16. The quantitative estimate of drug-likeness (QED) is 0.830. The number of carbonyl (C=O) groups excluding carboxylic acids is 1. The minimum atomic E-state index is 0.107. The Balaban J connectivity index is 2.03. The number of amides is 1. The predicted molar refractivity (Wildman–Crippen MR) is 85.0 cm³/mol. The van der Waals surface area contributed by atoms with Gasteiger partial charge >= 0.3 is 0 Å². The van der Waals surface area contributed by atoms with Gasteiger partial charge in [-0.15, -0.1) is 0 Å². The van der Waals surface area contributed by atoms with Crippen molar-refractivity contribution in [2.75, 3.05) is 32.7 Å². The van der Waals surface area contributed by atoms with E-state index in [1.807, 2.05) is 29.2 Å². The summed E-state index contributed by atoms with van der Waals surface area (Å²) in [6.07, 6.45) is 0. The number of hydrogen-bond donors (Lipinski definition) is 1. The molecule has 1 aromatic rings. The first-order valence-corrected chi connectivity index (χ1v) is 7.48. The van der Waals surface area contributed by atoms with E-state index in [-0.39, 0.29) is 5.91 Å². The maximum Gasteiger partial charge on any atom is 0.253 e. The van der Waals surface area contributed by atoms with Crippen molar-refractivity contribution in [3.63, 3.8) is 0 Å². The van der Waals surface area contributed by atoms with Gasteiger partial charge in [-0.2, -0.15) is 0 Å². The van der Waals surface area contributed by atoms with Crippen LogP contribution in [0.1, 0.15) is 29.8 Å². The average molecular weight is 285 g/mol. The molecular weight excluding hydrogens is 262 g/mol. The van der Waals surface area contributed by atoms with Gasteiger partial charge in [-0.25, -0.2) is 0 Å². The molecule has 1 aliphatic heterocycles. The Kier molecular flexibility index (Phi) is 5.38. The van der Waals surface area contributed by atoms with Crippen molar-refractivity contribution < 1.29 is 4.79 Å². The van der Waals surface area contributed by atoms with Gasteiger partial charge in [0.2, 0.25) is 0 Å². The Morgan fingerprint density at radius 3 is 2.62 bits per heavy atom. The molecule has 0 spiro atoms. The van der Waals surface area contributed by atoms with Crippen molar-refractivity contribution in [1.29, 1.82) is 0 Å². The van der Waals surface area contributed by atoms with Crippen LogP contribution in [0.2, 0.25) is 0 Å². The van der Waals surface area contributed by atoms with Gasteiger partial charge in [0.1, 0.15) is 0 Å². The first-order chi connectivity index (χ1) is 10.2. The number of benzene rings is 1. The standard InChI is InChI=1S/C17H23N3O/c1-3-19-11-12-20(13-14(19)2)17(21)16-8-6-15(7-9-16)5-4-10-18/h6-9,14H,3,10-13,18H2,1-2H3. The maximum atomic E-state index is 12.5. The molecule has 112 valence electrons. The highest BCUT2D eigenvalue weighted by molar-refractivity contribution is 5.94. The van der Waals surface area contributed by atoms with E-state index in [0.717, 1.165) is 37.3 Å². The monoisotopic (exact) mass is 285 g/mol. The van der Waals surface area contributed by atoms with Gasteiger partial charge in [-0.05, 0) is 37.7 Å². The third-order valence-corrected chi connectivity index (χ3v) is 3.93. The topological polar surface area (TPSA) is 49.6 Å². The van der Waals surface area contributed by atoms with Crippen molar-refractivity contribution in [3.05, 3.63) is 35.4 Å². The minimum absolute atomic E-state index is 0.107. The highest BCUT2D eigenvalue weighted by Crippen LogP contribution is 2.13. The van der Waals surface area contributed by atoms with Gasteiger partial charge in [0.15, 0.2) is 0 Å². The zero-order chi connectivity index (χ0) is 15.2. The summed E-state index contributed by atoms with van der Waals surface area (Å²) in [6, 6.07) is 7.87. The third kappa shape index (κ3) is 3.84. The minimum Gasteiger partial charge on any atom is -0.336 e. The number of nitrogens with zero attached hydrogens (tertiary/aromatic N) is 2. The lowest BCUT2D eigenvalue weighted by atomic mass is 10.1. The van der Waals surface area contributed by atoms with Crippen molar-refractivity contribution in [3.8, 4) is 11.8 Å². The van der Waals surface area contributed by atoms with Gasteiger partial charge in [0.25, 0.3) is 5.91 Å². The Hall–Kier alpha value is -1.83. The van der Waals surface area contributed by atoms with Crippen molar-refractivity contribution >= 4 is 5.91 Å². The highest BCUT2D eigenvalue weighted by atomic mass is 16.2. The molecule has 21 heavy (non-hydrogen) atoms. The van der Waals surface area contributed by atoms with E-state index < -0.39 is 0 Å². The lowest BCUT2D eigenvalue weighted by Crippen LogP contribution is -2.53. The van der Waals surface area contributed by atoms with Crippen LogP contribution < -0.4 is 5.73 Å². The maximum absolute atomic E-state index is 12.5. The molecular formula is C17H23N3O. The average Bonchev–Trinajstić information content (AvgIpc) is 2.52. The molecule has 1 unspecified atom stereocenters. The molecule has 4 heteroatoms. The van der Waals surface area contributed by atoms with E-state index in [1.54, 1.807) is 0 Å². The molecule has 1 aromatic carbocycles. The number of carbonyl (C=O) groups is 1. The van der Waals surface area contributed by atoms with Crippen LogP contribution in [0.3, 0.4) is 0 Å². The first kappa shape index (κ1) is 15.6. The molecule has 1 aliphatic rings. The van der Waals surface area contributed by atoms with E-state index in [4.69, 9.17) is 5.73 Å². The number of piperazine rings is 1. The number of rotatable bonds is 2. The molecule has 0 aromatic heterocycles. The molecule has 1 saturated heterocycles. The van der Waals surface area contributed by atoms with Crippen LogP contribution in [0, 0.1) is 11.8 Å². The summed E-state index contributed by atoms with van der Waals surface area (Å²) >= 11 is 0. The molecule has 1 heterocycles. The number of likely N-dealkylation sites (N-methyl/N-ethyl adjacent to an activating group) is 1. The summed E-state index contributed by atoms with van der Waals surface area (Å²) in [5, 5.41) is 0. The SMILES string of the molecule is CCN1CCN(C(=O)c2ccc(C#CCN)cc2)CC1C. The molecule has 1 amide bonds. The zero-order valence-corrected chi connectivity index (χ0v) is 12.8. The van der Waals surface area contributed by atoms with E-state index >= 15 is 0 Å². The third-order valence-electron chi connectivity index (χ3n) is 3.93. The summed E-state index contributed by atoms with van der Waals surface area (Å²) in [5.41, 5.74) is 6.97. The lowest BCUT2D eigenvalue weighted by Gasteiger charge is -2.39. The largest absolute Gasteiger partial charge is 0.336 e. The Morgan fingerprint density at radius 2 is 2.05 bits per heavy atom. The van der Waals surface area contributed by atoms with Crippen LogP contribution >= 0.6 is 0 Å². The second-order valence-electron chi connectivity index (χ2n) is 5.31. The fourth-order valence-electron chi connectivity index (χ4n) is 2.68. The van der Waals surface area contributed by atoms with Gasteiger partial charge in [-0.1, -0.05) is 18.8 Å². The second kappa shape index (κ2) is 7.26. The molecule has 1 atom stereocenters. The molecule has 0 radical (unpaired) electrons. The van der Waals surface area contributed by atoms with Gasteiger partial charge in [0.05, 0.1) is 6.54 Å². The lowest BCUT2D eigenvalue weighted by molar-refractivity contribution is 0.0528. The van der Waals surface area contributed by atoms with Crippen molar-refractivity contribution in [1.82, 2.24) is 9.80 Å². The summed E-state index contributed by atoms with van der Waals surface area (Å²) in [7, 11) is 0. The van der Waals surface area contributed by atoms with Crippen LogP contribution in [-0.4, -0.2) is 54.5 Å². The molecule has 0 saturated carbocycles. The first-order valence-electron chi connectivity index (χ1n) is 7.48. The molecule has 2 N–H and O–H groups in total. The van der Waals surface area contributed by atoms with Gasteiger partial charge < -0.3 is 10.6 Å². The molecule has 0 aliphatic carbocycles. The number of hydrogen-bond acceptors (Lipinski definition) is 3. The van der Waals surface area contributed by atoms with E-state index in [2.05, 4.69) is 30.6 Å². The highest BCUT2D eigenvalue weighted by Gasteiger charge is 2.26. The normalized spacial score (nSPS) is 19.0. The fraction of sp³-hybridized carbons (Fsp3) is 0.471. The van der Waals surface area contributed by atoms with Crippen LogP contribution in [-0.2, 0) is 0 Å². The Labute approximate surface area is 126 Å². The molecule has 0 bridgehead atoms. The second-order valence-corrected chi connectivity index (χ2v) is 5.31. The van der Waals surface area contributed by atoms with Crippen molar-refractivity contribution in [2.24, 2.45) is 5.73 Å². The van der Waals surface area contributed by atoms with E-state index in [9.17, 15) is 4.79 Å². The van der Waals surface area contributed by atoms with Crippen LogP contribution in [0.25, 0.3) is 0 Å². The van der Waals surface area contributed by atoms with Crippen LogP contribution in [0.15, 0.2) is 24.3 Å². The zero-order valence-electron chi connectivity index (χ0n) is 12.8. The fourth-order valence-corrected chi connectivity index (χ4v) is 2.68. The Bertz CT molecular complexity index is 541. The van der Waals surface area contributed by atoms with Gasteiger partial charge in [0, 0.05) is 36.8 Å². The van der Waals surface area contributed by atoms with E-state index in [1.165, 1.54) is 0 Å². The summed E-state index contributed by atoms with van der Waals surface area (Å²) in [6.45, 7) is 8.26. The summed E-state index contributed by atoms with van der Waals surface area (Å²) < 4.78 is 0. The van der Waals surface area contributed by atoms with Crippen molar-refractivity contribution in [2.45, 2.75) is 19.9 Å². The molecule has 1 fully saturated rings. The smallest absolute Gasteiger partial charge is 0.253 e. The molecule has 4 nitrogen and oxygen atoms in total. The molecule has 2 rings (SSSR count). The van der Waals surface area contributed by atoms with Crippen LogP contribution in [0.4, 0.5) is 0 Å². The van der Waals surface area contributed by atoms with E-state index in [0.29, 0.717) is 12.6 Å². The van der Waals surface area contributed by atoms with Gasteiger partial charge in [-0.3, -0.25) is 9.69 Å². The summed E-state index contributed by atoms with van der Waals surface area (Å²) in [5.74, 6) is 5.88. The summed E-state index contributed by atoms with van der Waals surface area (Å²) in [4.78, 5) is 16.9.